The van der Waals surface area contributed by atoms with E-state index in [4.69, 9.17) is 4.74 Å². The number of aryl methyl sites for hydroxylation is 1. The minimum Gasteiger partial charge on any atom is -0.381 e. The molecule has 1 aliphatic carbocycles. The van der Waals surface area contributed by atoms with Gasteiger partial charge in [0.15, 0.2) is 5.78 Å². The summed E-state index contributed by atoms with van der Waals surface area (Å²) in [4.78, 5) is 26.6. The second-order valence-electron chi connectivity index (χ2n) is 7.77. The highest BCUT2D eigenvalue weighted by molar-refractivity contribution is 6.01. The summed E-state index contributed by atoms with van der Waals surface area (Å²) in [5.74, 6) is 0.923. The van der Waals surface area contributed by atoms with Crippen molar-refractivity contribution in [2.24, 2.45) is 5.92 Å². The maximum atomic E-state index is 12.8. The number of likely N-dealkylation sites (tertiary alicyclic amines) is 1. The molecular formula is C24H27NO3. The predicted octanol–water partition coefficient (Wildman–Crippen LogP) is 4.37. The lowest BCUT2D eigenvalue weighted by Crippen LogP contribution is -2.39. The largest absolute Gasteiger partial charge is 0.381 e. The van der Waals surface area contributed by atoms with E-state index in [9.17, 15) is 9.59 Å². The number of nitrogens with zero attached hydrogens (tertiary/aromatic N) is 1. The first-order valence-electron chi connectivity index (χ1n) is 10.3. The molecule has 4 nitrogen and oxygen atoms in total. The van der Waals surface area contributed by atoms with Gasteiger partial charge in [0.05, 0.1) is 0 Å². The normalized spacial score (nSPS) is 17.0. The van der Waals surface area contributed by atoms with Crippen LogP contribution < -0.4 is 0 Å². The quantitative estimate of drug-likeness (QED) is 0.777. The van der Waals surface area contributed by atoms with Crippen LogP contribution in [0.15, 0.2) is 42.5 Å². The number of ketones is 1. The SMILES string of the molecule is CCOCC1CCN(C(=O)c2ccc(-c3ccc4c(c3)CCC4=O)cc2)CC1. The van der Waals surface area contributed by atoms with Crippen LogP contribution >= 0.6 is 0 Å². The second kappa shape index (κ2) is 8.27. The van der Waals surface area contributed by atoms with Gasteiger partial charge in [0.2, 0.25) is 0 Å². The molecule has 1 amide bonds. The van der Waals surface area contributed by atoms with Gasteiger partial charge in [-0.15, -0.1) is 0 Å². The molecule has 1 aliphatic heterocycles. The van der Waals surface area contributed by atoms with Crippen LogP contribution in [0.4, 0.5) is 0 Å². The van der Waals surface area contributed by atoms with Crippen molar-refractivity contribution in [1.29, 1.82) is 0 Å². The van der Waals surface area contributed by atoms with Crippen molar-refractivity contribution in [3.63, 3.8) is 0 Å². The second-order valence-corrected chi connectivity index (χ2v) is 7.77. The molecule has 4 heteroatoms. The fraction of sp³-hybridized carbons (Fsp3) is 0.417. The molecule has 0 bridgehead atoms. The van der Waals surface area contributed by atoms with Crippen molar-refractivity contribution in [3.05, 3.63) is 59.2 Å². The Morgan fingerprint density at radius 1 is 1.04 bits per heavy atom. The fourth-order valence-corrected chi connectivity index (χ4v) is 4.21. The maximum absolute atomic E-state index is 12.8. The molecule has 28 heavy (non-hydrogen) atoms. The van der Waals surface area contributed by atoms with E-state index >= 15 is 0 Å². The number of ether oxygens (including phenoxy) is 1. The van der Waals surface area contributed by atoms with Crippen LogP contribution in [0.5, 0.6) is 0 Å². The Morgan fingerprint density at radius 3 is 2.46 bits per heavy atom. The van der Waals surface area contributed by atoms with E-state index in [2.05, 4.69) is 6.07 Å². The van der Waals surface area contributed by atoms with E-state index in [0.29, 0.717) is 12.3 Å². The highest BCUT2D eigenvalue weighted by atomic mass is 16.5. The third kappa shape index (κ3) is 3.88. The van der Waals surface area contributed by atoms with E-state index in [1.54, 1.807) is 0 Å². The number of benzene rings is 2. The average Bonchev–Trinajstić information content (AvgIpc) is 3.12. The molecule has 146 valence electrons. The zero-order chi connectivity index (χ0) is 19.5. The Labute approximate surface area is 166 Å². The van der Waals surface area contributed by atoms with Gasteiger partial charge in [0, 0.05) is 43.9 Å². The summed E-state index contributed by atoms with van der Waals surface area (Å²) < 4.78 is 5.52. The van der Waals surface area contributed by atoms with Gasteiger partial charge in [0.1, 0.15) is 0 Å². The Morgan fingerprint density at radius 2 is 1.75 bits per heavy atom. The van der Waals surface area contributed by atoms with E-state index in [0.717, 1.165) is 73.4 Å². The molecule has 0 spiro atoms. The van der Waals surface area contributed by atoms with Crippen molar-refractivity contribution in [2.75, 3.05) is 26.3 Å². The first kappa shape index (κ1) is 18.9. The van der Waals surface area contributed by atoms with Crippen LogP contribution in [0.3, 0.4) is 0 Å². The van der Waals surface area contributed by atoms with Crippen LogP contribution in [-0.2, 0) is 11.2 Å². The lowest BCUT2D eigenvalue weighted by atomic mass is 9.96. The van der Waals surface area contributed by atoms with Crippen LogP contribution in [0.25, 0.3) is 11.1 Å². The molecule has 1 fully saturated rings. The third-order valence-corrected chi connectivity index (χ3v) is 5.95. The summed E-state index contributed by atoms with van der Waals surface area (Å²) in [6.07, 6.45) is 3.47. The first-order valence-corrected chi connectivity index (χ1v) is 10.3. The number of amides is 1. The zero-order valence-corrected chi connectivity index (χ0v) is 16.4. The van der Waals surface area contributed by atoms with Crippen molar-refractivity contribution in [1.82, 2.24) is 4.90 Å². The smallest absolute Gasteiger partial charge is 0.253 e. The number of carbonyl (C=O) groups excluding carboxylic acids is 2. The van der Waals surface area contributed by atoms with Gasteiger partial charge < -0.3 is 9.64 Å². The van der Waals surface area contributed by atoms with Crippen molar-refractivity contribution >= 4 is 11.7 Å². The summed E-state index contributed by atoms with van der Waals surface area (Å²) in [6.45, 7) is 5.19. The number of carbonyl (C=O) groups is 2. The first-order chi connectivity index (χ1) is 13.7. The van der Waals surface area contributed by atoms with Crippen LogP contribution in [-0.4, -0.2) is 42.9 Å². The monoisotopic (exact) mass is 377 g/mol. The highest BCUT2D eigenvalue weighted by Crippen LogP contribution is 2.28. The molecule has 2 aromatic rings. The van der Waals surface area contributed by atoms with Crippen molar-refractivity contribution in [2.45, 2.75) is 32.6 Å². The molecule has 4 rings (SSSR count). The maximum Gasteiger partial charge on any atom is 0.253 e. The molecule has 1 saturated heterocycles. The van der Waals surface area contributed by atoms with Gasteiger partial charge in [-0.2, -0.15) is 0 Å². The van der Waals surface area contributed by atoms with Crippen molar-refractivity contribution < 1.29 is 14.3 Å². The Hall–Kier alpha value is -2.46. The Bertz CT molecular complexity index is 864. The molecule has 2 aromatic carbocycles. The van der Waals surface area contributed by atoms with Gasteiger partial charge in [-0.3, -0.25) is 9.59 Å². The van der Waals surface area contributed by atoms with Gasteiger partial charge >= 0.3 is 0 Å². The summed E-state index contributed by atoms with van der Waals surface area (Å²) in [7, 11) is 0. The van der Waals surface area contributed by atoms with Crippen LogP contribution in [0.2, 0.25) is 0 Å². The van der Waals surface area contributed by atoms with Crippen molar-refractivity contribution in [3.8, 4) is 11.1 Å². The number of hydrogen-bond acceptors (Lipinski definition) is 3. The fourth-order valence-electron chi connectivity index (χ4n) is 4.21. The summed E-state index contributed by atoms with van der Waals surface area (Å²) >= 11 is 0. The zero-order valence-electron chi connectivity index (χ0n) is 16.4. The van der Waals surface area contributed by atoms with Crippen LogP contribution in [0.1, 0.15) is 52.5 Å². The van der Waals surface area contributed by atoms with Gasteiger partial charge in [0.25, 0.3) is 5.91 Å². The molecule has 0 radical (unpaired) electrons. The highest BCUT2D eigenvalue weighted by Gasteiger charge is 2.24. The molecule has 0 atom stereocenters. The minimum atomic E-state index is 0.112. The predicted molar refractivity (Wildman–Crippen MR) is 110 cm³/mol. The third-order valence-electron chi connectivity index (χ3n) is 5.95. The Balaban J connectivity index is 1.41. The average molecular weight is 377 g/mol. The van der Waals surface area contributed by atoms with Gasteiger partial charge in [-0.1, -0.05) is 30.3 Å². The van der Waals surface area contributed by atoms with E-state index in [1.165, 1.54) is 0 Å². The lowest BCUT2D eigenvalue weighted by Gasteiger charge is -2.32. The number of rotatable bonds is 5. The number of hydrogen-bond donors (Lipinski definition) is 0. The molecule has 0 saturated carbocycles. The molecule has 0 unspecified atom stereocenters. The Kier molecular flexibility index (Phi) is 5.58. The molecule has 0 aromatic heterocycles. The minimum absolute atomic E-state index is 0.112. The van der Waals surface area contributed by atoms with Gasteiger partial charge in [-0.05, 0) is 60.9 Å². The summed E-state index contributed by atoms with van der Waals surface area (Å²) in [6, 6.07) is 13.9. The number of piperidine rings is 1. The standard InChI is InChI=1S/C24H27NO3/c1-2-28-16-17-11-13-25(14-12-17)24(27)19-5-3-18(4-6-19)20-7-9-22-21(15-20)8-10-23(22)26/h3-7,9,15,17H,2,8,10-14,16H2,1H3. The summed E-state index contributed by atoms with van der Waals surface area (Å²) in [5, 5.41) is 0. The number of fused-ring (bicyclic) bond motifs is 1. The number of Topliss-reactive ketones (excluding diaryl/α,β-unsaturated/α-hetero) is 1. The van der Waals surface area contributed by atoms with Gasteiger partial charge in [-0.25, -0.2) is 0 Å². The van der Waals surface area contributed by atoms with E-state index < -0.39 is 0 Å². The molecule has 1 heterocycles. The topological polar surface area (TPSA) is 46.6 Å². The van der Waals surface area contributed by atoms with E-state index in [1.807, 2.05) is 48.2 Å². The van der Waals surface area contributed by atoms with Crippen LogP contribution in [0, 0.1) is 5.92 Å². The molecule has 0 N–H and O–H groups in total. The summed E-state index contributed by atoms with van der Waals surface area (Å²) in [5.41, 5.74) is 4.92. The molecular weight excluding hydrogens is 350 g/mol. The van der Waals surface area contributed by atoms with E-state index in [-0.39, 0.29) is 11.7 Å². The molecule has 2 aliphatic rings. The lowest BCUT2D eigenvalue weighted by molar-refractivity contribution is 0.0551.